The molecule has 0 heterocycles. The van der Waals surface area contributed by atoms with Crippen LogP contribution in [-0.4, -0.2) is 0 Å². The van der Waals surface area contributed by atoms with Crippen molar-refractivity contribution in [2.45, 2.75) is 0 Å². The Labute approximate surface area is 99.8 Å². The van der Waals surface area contributed by atoms with Crippen molar-refractivity contribution in [1.82, 2.24) is 0 Å². The van der Waals surface area contributed by atoms with Crippen LogP contribution in [-0.2, 0) is 0 Å². The lowest BCUT2D eigenvalue weighted by Crippen LogP contribution is -2.00. The lowest BCUT2D eigenvalue weighted by molar-refractivity contribution is 0.565. The van der Waals surface area contributed by atoms with Gasteiger partial charge in [-0.2, -0.15) is 0 Å². The van der Waals surface area contributed by atoms with Crippen LogP contribution in [0.2, 0.25) is 0 Å². The Balaban J connectivity index is 2.78. The van der Waals surface area contributed by atoms with Gasteiger partial charge in [0.25, 0.3) is 0 Å². The van der Waals surface area contributed by atoms with Crippen LogP contribution in [0.3, 0.4) is 0 Å². The highest BCUT2D eigenvalue weighted by molar-refractivity contribution is 5.70. The lowest BCUT2D eigenvalue weighted by atomic mass is 10.0. The minimum atomic E-state index is -1.14. The average Bonchev–Trinajstić information content (AvgIpc) is 2.20. The van der Waals surface area contributed by atoms with Crippen molar-refractivity contribution >= 4 is 11.4 Å². The smallest absolute Gasteiger partial charge is 0.136 e. The maximum atomic E-state index is 13.6. The molecule has 0 bridgehead atoms. The fourth-order valence-corrected chi connectivity index (χ4v) is 1.66. The highest BCUT2D eigenvalue weighted by atomic mass is 19.1. The van der Waals surface area contributed by atoms with Crippen LogP contribution in [0.5, 0.6) is 0 Å². The summed E-state index contributed by atoms with van der Waals surface area (Å²) in [5.41, 5.74) is 8.47. The largest absolute Gasteiger partial charge is 0.399 e. The molecule has 2 nitrogen and oxygen atoms in total. The van der Waals surface area contributed by atoms with Gasteiger partial charge < -0.3 is 11.5 Å². The summed E-state index contributed by atoms with van der Waals surface area (Å²) < 4.78 is 54.3. The van der Waals surface area contributed by atoms with Crippen LogP contribution < -0.4 is 11.5 Å². The second-order valence-corrected chi connectivity index (χ2v) is 3.72. The molecule has 0 saturated carbocycles. The summed E-state index contributed by atoms with van der Waals surface area (Å²) in [4.78, 5) is 0. The van der Waals surface area contributed by atoms with E-state index in [0.717, 1.165) is 24.3 Å². The van der Waals surface area contributed by atoms with Gasteiger partial charge in [-0.15, -0.1) is 0 Å². The molecule has 0 saturated heterocycles. The third-order valence-electron chi connectivity index (χ3n) is 2.38. The normalized spacial score (nSPS) is 10.7. The number of rotatable bonds is 1. The van der Waals surface area contributed by atoms with Crippen LogP contribution in [0.25, 0.3) is 11.1 Å². The number of hydrogen-bond donors (Lipinski definition) is 2. The molecule has 6 heteroatoms. The van der Waals surface area contributed by atoms with Crippen LogP contribution in [0.1, 0.15) is 0 Å². The van der Waals surface area contributed by atoms with E-state index in [9.17, 15) is 17.6 Å². The predicted molar refractivity (Wildman–Crippen MR) is 60.5 cm³/mol. The molecule has 4 N–H and O–H groups in total. The first kappa shape index (κ1) is 12.2. The molecule has 0 unspecified atom stereocenters. The van der Waals surface area contributed by atoms with E-state index in [0.29, 0.717) is 0 Å². The molecule has 0 aliphatic carbocycles. The van der Waals surface area contributed by atoms with Gasteiger partial charge in [0, 0.05) is 11.4 Å². The lowest BCUT2D eigenvalue weighted by Gasteiger charge is -2.09. The Hall–Kier alpha value is -2.24. The predicted octanol–water partition coefficient (Wildman–Crippen LogP) is 3.07. The zero-order valence-electron chi connectivity index (χ0n) is 8.98. The fourth-order valence-electron chi connectivity index (χ4n) is 1.66. The van der Waals surface area contributed by atoms with E-state index in [-0.39, 0.29) is 11.4 Å². The molecule has 0 aliphatic heterocycles. The first-order valence-electron chi connectivity index (χ1n) is 4.89. The SMILES string of the molecule is Nc1cc(F)c(-c2c(F)cc(N)cc2F)c(F)c1. The highest BCUT2D eigenvalue weighted by Gasteiger charge is 2.20. The Morgan fingerprint density at radius 2 is 0.778 bits per heavy atom. The van der Waals surface area contributed by atoms with Crippen molar-refractivity contribution in [2.75, 3.05) is 11.5 Å². The van der Waals surface area contributed by atoms with Gasteiger partial charge >= 0.3 is 0 Å². The molecule has 0 aliphatic rings. The van der Waals surface area contributed by atoms with Crippen LogP contribution >= 0.6 is 0 Å². The Kier molecular flexibility index (Phi) is 2.86. The van der Waals surface area contributed by atoms with Crippen molar-refractivity contribution in [1.29, 1.82) is 0 Å². The molecule has 0 amide bonds. The molecule has 0 spiro atoms. The van der Waals surface area contributed by atoms with E-state index in [1.807, 2.05) is 0 Å². The topological polar surface area (TPSA) is 52.0 Å². The van der Waals surface area contributed by atoms with Crippen LogP contribution in [0, 0.1) is 23.3 Å². The number of nitrogens with two attached hydrogens (primary N) is 2. The molecule has 0 radical (unpaired) electrons. The molecule has 18 heavy (non-hydrogen) atoms. The second-order valence-electron chi connectivity index (χ2n) is 3.72. The third kappa shape index (κ3) is 1.97. The van der Waals surface area contributed by atoms with E-state index in [1.54, 1.807) is 0 Å². The van der Waals surface area contributed by atoms with Crippen molar-refractivity contribution in [3.63, 3.8) is 0 Å². The summed E-state index contributed by atoms with van der Waals surface area (Å²) in [6, 6.07) is 3.14. The molecule has 2 rings (SSSR count). The zero-order valence-corrected chi connectivity index (χ0v) is 8.98. The number of nitrogen functional groups attached to an aromatic ring is 2. The molecule has 2 aromatic rings. The first-order chi connectivity index (χ1) is 8.40. The number of benzene rings is 2. The zero-order chi connectivity index (χ0) is 13.4. The van der Waals surface area contributed by atoms with Gasteiger partial charge in [-0.05, 0) is 24.3 Å². The van der Waals surface area contributed by atoms with Gasteiger partial charge in [-0.3, -0.25) is 0 Å². The summed E-state index contributed by atoms with van der Waals surface area (Å²) in [6.45, 7) is 0. The fraction of sp³-hybridized carbons (Fsp3) is 0. The van der Waals surface area contributed by atoms with Gasteiger partial charge in [0.05, 0.1) is 11.1 Å². The number of halogens is 4. The molecule has 0 aromatic heterocycles. The van der Waals surface area contributed by atoms with Crippen molar-refractivity contribution in [3.05, 3.63) is 47.5 Å². The standard InChI is InChI=1S/C12H8F4N2/c13-7-1-5(17)2-8(14)11(7)12-9(15)3-6(18)4-10(12)16/h1-4H,17-18H2. The monoisotopic (exact) mass is 256 g/mol. The second kappa shape index (κ2) is 4.21. The first-order valence-corrected chi connectivity index (χ1v) is 4.89. The molecular formula is C12H8F4N2. The molecule has 2 aromatic carbocycles. The third-order valence-corrected chi connectivity index (χ3v) is 2.38. The minimum absolute atomic E-state index is 0.176. The van der Waals surface area contributed by atoms with Crippen molar-refractivity contribution in [3.8, 4) is 11.1 Å². The van der Waals surface area contributed by atoms with Gasteiger partial charge in [0.2, 0.25) is 0 Å². The quantitative estimate of drug-likeness (QED) is 0.608. The summed E-state index contributed by atoms with van der Waals surface area (Å²) in [7, 11) is 0. The van der Waals surface area contributed by atoms with E-state index in [1.165, 1.54) is 0 Å². The molecule has 0 fully saturated rings. The Morgan fingerprint density at radius 3 is 1.00 bits per heavy atom. The van der Waals surface area contributed by atoms with Gasteiger partial charge in [-0.1, -0.05) is 0 Å². The molecule has 94 valence electrons. The van der Waals surface area contributed by atoms with Crippen LogP contribution in [0.15, 0.2) is 24.3 Å². The minimum Gasteiger partial charge on any atom is -0.399 e. The van der Waals surface area contributed by atoms with Gasteiger partial charge in [0.15, 0.2) is 0 Å². The van der Waals surface area contributed by atoms with Crippen LogP contribution in [0.4, 0.5) is 28.9 Å². The highest BCUT2D eigenvalue weighted by Crippen LogP contribution is 2.33. The van der Waals surface area contributed by atoms with Gasteiger partial charge in [-0.25, -0.2) is 17.6 Å². The van der Waals surface area contributed by atoms with E-state index >= 15 is 0 Å². The van der Waals surface area contributed by atoms with Gasteiger partial charge in [0.1, 0.15) is 23.3 Å². The van der Waals surface area contributed by atoms with E-state index in [2.05, 4.69) is 0 Å². The molecule has 0 atom stereocenters. The summed E-state index contributed by atoms with van der Waals surface area (Å²) in [5.74, 6) is -4.57. The maximum Gasteiger partial charge on any atom is 0.136 e. The Morgan fingerprint density at radius 1 is 0.556 bits per heavy atom. The number of anilines is 2. The number of hydrogen-bond acceptors (Lipinski definition) is 2. The summed E-state index contributed by atoms with van der Waals surface area (Å²) in [5, 5.41) is 0. The summed E-state index contributed by atoms with van der Waals surface area (Å²) >= 11 is 0. The van der Waals surface area contributed by atoms with Crippen molar-refractivity contribution < 1.29 is 17.6 Å². The van der Waals surface area contributed by atoms with E-state index in [4.69, 9.17) is 11.5 Å². The average molecular weight is 256 g/mol. The van der Waals surface area contributed by atoms with Crippen molar-refractivity contribution in [2.24, 2.45) is 0 Å². The maximum absolute atomic E-state index is 13.6. The summed E-state index contributed by atoms with van der Waals surface area (Å²) in [6.07, 6.45) is 0. The van der Waals surface area contributed by atoms with E-state index < -0.39 is 34.4 Å². The molecular weight excluding hydrogens is 248 g/mol. The Bertz CT molecular complexity index is 524.